The summed E-state index contributed by atoms with van der Waals surface area (Å²) in [4.78, 5) is 37.9. The molecule has 3 N–H and O–H groups in total. The van der Waals surface area contributed by atoms with Crippen molar-refractivity contribution < 1.29 is 14.4 Å². The minimum absolute atomic E-state index is 0.215. The van der Waals surface area contributed by atoms with E-state index in [9.17, 15) is 14.4 Å². The number of rotatable bonds is 11. The molecule has 188 valence electrons. The molecular formula is C23H23Cl5N4O3. The number of amides is 3. The summed E-state index contributed by atoms with van der Waals surface area (Å²) in [5.41, 5.74) is 1.25. The first-order valence-electron chi connectivity index (χ1n) is 10.6. The summed E-state index contributed by atoms with van der Waals surface area (Å²) in [6.07, 6.45) is 0.639. The van der Waals surface area contributed by atoms with Crippen LogP contribution in [0.15, 0.2) is 36.4 Å². The molecule has 0 bridgehead atoms. The van der Waals surface area contributed by atoms with Crippen molar-refractivity contribution in [3.63, 3.8) is 0 Å². The number of nitrogens with one attached hydrogen (secondary N) is 3. The van der Waals surface area contributed by atoms with E-state index in [-0.39, 0.29) is 16.5 Å². The summed E-state index contributed by atoms with van der Waals surface area (Å²) in [5, 5.41) is 9.20. The number of carbonyl (C=O) groups is 3. The summed E-state index contributed by atoms with van der Waals surface area (Å²) in [6.45, 7) is 2.10. The number of alkyl halides is 2. The van der Waals surface area contributed by atoms with Gasteiger partial charge in [0.05, 0.1) is 16.5 Å². The third-order valence-electron chi connectivity index (χ3n) is 5.56. The van der Waals surface area contributed by atoms with Crippen molar-refractivity contribution in [3.8, 4) is 0 Å². The molecule has 2 unspecified atom stereocenters. The molecule has 7 nitrogen and oxygen atoms in total. The molecule has 1 aliphatic carbocycles. The molecule has 3 rings (SSSR count). The first-order chi connectivity index (χ1) is 16.5. The molecule has 2 aromatic rings. The highest BCUT2D eigenvalue weighted by molar-refractivity contribution is 6.53. The smallest absolute Gasteiger partial charge is 0.252 e. The molecule has 0 spiro atoms. The van der Waals surface area contributed by atoms with Crippen molar-refractivity contribution in [2.24, 2.45) is 5.92 Å². The highest BCUT2D eigenvalue weighted by atomic mass is 35.5. The SMILES string of the molecule is CN(CCNC=O)CCNC(=O)c1cc(NC(=O)C2C(c3cc(Cl)cc(Cl)c3)C2(Cl)Cl)ccc1Cl. The quantitative estimate of drug-likeness (QED) is 0.206. The molecule has 0 aliphatic heterocycles. The van der Waals surface area contributed by atoms with Crippen LogP contribution in [0.5, 0.6) is 0 Å². The Morgan fingerprint density at radius 1 is 1.03 bits per heavy atom. The average molecular weight is 581 g/mol. The average Bonchev–Trinajstić information content (AvgIpc) is 3.36. The lowest BCUT2D eigenvalue weighted by atomic mass is 10.1. The van der Waals surface area contributed by atoms with Gasteiger partial charge in [-0.2, -0.15) is 0 Å². The largest absolute Gasteiger partial charge is 0.357 e. The number of halogens is 5. The monoisotopic (exact) mass is 578 g/mol. The molecule has 2 atom stereocenters. The van der Waals surface area contributed by atoms with Gasteiger partial charge in [-0.3, -0.25) is 14.4 Å². The van der Waals surface area contributed by atoms with E-state index in [2.05, 4.69) is 16.0 Å². The summed E-state index contributed by atoms with van der Waals surface area (Å²) >= 11 is 31.2. The Balaban J connectivity index is 1.61. The lowest BCUT2D eigenvalue weighted by Gasteiger charge is -2.16. The summed E-state index contributed by atoms with van der Waals surface area (Å²) in [5.74, 6) is -2.02. The van der Waals surface area contributed by atoms with Crippen LogP contribution in [0.2, 0.25) is 15.1 Å². The van der Waals surface area contributed by atoms with Crippen LogP contribution >= 0.6 is 58.0 Å². The second-order valence-electron chi connectivity index (χ2n) is 8.15. The summed E-state index contributed by atoms with van der Waals surface area (Å²) in [7, 11) is 1.87. The molecule has 0 aromatic heterocycles. The first-order valence-corrected chi connectivity index (χ1v) is 12.5. The zero-order valence-corrected chi connectivity index (χ0v) is 22.4. The van der Waals surface area contributed by atoms with Gasteiger partial charge in [-0.25, -0.2) is 0 Å². The molecule has 0 radical (unpaired) electrons. The zero-order valence-electron chi connectivity index (χ0n) is 18.6. The molecule has 0 saturated heterocycles. The van der Waals surface area contributed by atoms with Gasteiger partial charge in [0.1, 0.15) is 4.33 Å². The van der Waals surface area contributed by atoms with Crippen molar-refractivity contribution in [1.29, 1.82) is 0 Å². The second-order valence-corrected chi connectivity index (χ2v) is 10.9. The van der Waals surface area contributed by atoms with Crippen molar-refractivity contribution in [2.75, 3.05) is 38.5 Å². The van der Waals surface area contributed by atoms with Crippen LogP contribution in [-0.2, 0) is 9.59 Å². The molecule has 2 aromatic carbocycles. The van der Waals surface area contributed by atoms with Gasteiger partial charge < -0.3 is 20.9 Å². The topological polar surface area (TPSA) is 90.5 Å². The van der Waals surface area contributed by atoms with E-state index < -0.39 is 22.1 Å². The molecule has 1 aliphatic rings. The van der Waals surface area contributed by atoms with Crippen LogP contribution < -0.4 is 16.0 Å². The first kappa shape index (κ1) is 27.8. The van der Waals surface area contributed by atoms with E-state index in [4.69, 9.17) is 58.0 Å². The molecular weight excluding hydrogens is 558 g/mol. The minimum atomic E-state index is -1.32. The third kappa shape index (κ3) is 7.15. The minimum Gasteiger partial charge on any atom is -0.357 e. The Morgan fingerprint density at radius 3 is 2.34 bits per heavy atom. The van der Waals surface area contributed by atoms with Gasteiger partial charge in [0.25, 0.3) is 5.91 Å². The van der Waals surface area contributed by atoms with Crippen LogP contribution in [0.4, 0.5) is 5.69 Å². The standard InChI is InChI=1S/C23H23Cl5N4O3/c1-32(6-4-29-12-33)7-5-30-21(34)17-11-16(2-3-18(17)26)31-22(35)20-19(23(20,27)28)13-8-14(24)10-15(25)9-13/h2-3,8-12,19-20H,4-7H2,1H3,(H,29,33)(H,30,34)(H,31,35). The number of benzene rings is 2. The zero-order chi connectivity index (χ0) is 25.8. The second kappa shape index (κ2) is 12.0. The highest BCUT2D eigenvalue weighted by Gasteiger charge is 2.67. The Kier molecular flexibility index (Phi) is 9.54. The van der Waals surface area contributed by atoms with Gasteiger partial charge in [0.2, 0.25) is 12.3 Å². The van der Waals surface area contributed by atoms with Crippen LogP contribution in [0, 0.1) is 5.92 Å². The highest BCUT2D eigenvalue weighted by Crippen LogP contribution is 2.65. The molecule has 0 heterocycles. The Bertz CT molecular complexity index is 1090. The number of anilines is 1. The van der Waals surface area contributed by atoms with Crippen LogP contribution in [0.3, 0.4) is 0 Å². The number of hydrogen-bond acceptors (Lipinski definition) is 4. The van der Waals surface area contributed by atoms with Gasteiger partial charge in [-0.15, -0.1) is 23.2 Å². The lowest BCUT2D eigenvalue weighted by Crippen LogP contribution is -2.36. The third-order valence-corrected chi connectivity index (χ3v) is 7.27. The number of likely N-dealkylation sites (N-methyl/N-ethyl adjacent to an activating group) is 1. The van der Waals surface area contributed by atoms with Crippen LogP contribution in [-0.4, -0.2) is 60.7 Å². The van der Waals surface area contributed by atoms with Gasteiger partial charge in [-0.05, 0) is 49.0 Å². The Labute approximate surface area is 228 Å². The Hall–Kier alpha value is -1.74. The number of nitrogens with zero attached hydrogens (tertiary/aromatic N) is 1. The maximum absolute atomic E-state index is 13.0. The predicted octanol–water partition coefficient (Wildman–Crippen LogP) is 4.58. The van der Waals surface area contributed by atoms with Crippen LogP contribution in [0.25, 0.3) is 0 Å². The lowest BCUT2D eigenvalue weighted by molar-refractivity contribution is -0.117. The maximum atomic E-state index is 13.0. The van der Waals surface area contributed by atoms with E-state index in [1.807, 2.05) is 11.9 Å². The molecule has 1 saturated carbocycles. The maximum Gasteiger partial charge on any atom is 0.252 e. The predicted molar refractivity (Wildman–Crippen MR) is 141 cm³/mol. The van der Waals surface area contributed by atoms with Crippen molar-refractivity contribution in [3.05, 3.63) is 62.6 Å². The van der Waals surface area contributed by atoms with Gasteiger partial charge in [0.15, 0.2) is 0 Å². The van der Waals surface area contributed by atoms with E-state index in [1.165, 1.54) is 12.1 Å². The molecule has 12 heteroatoms. The van der Waals surface area contributed by atoms with Gasteiger partial charge in [0, 0.05) is 47.8 Å². The molecule has 3 amide bonds. The summed E-state index contributed by atoms with van der Waals surface area (Å²) in [6, 6.07) is 9.53. The van der Waals surface area contributed by atoms with E-state index in [0.717, 1.165) is 0 Å². The van der Waals surface area contributed by atoms with Crippen molar-refractivity contribution >= 4 is 81.9 Å². The summed E-state index contributed by atoms with van der Waals surface area (Å²) < 4.78 is -1.32. The Morgan fingerprint density at radius 2 is 1.69 bits per heavy atom. The van der Waals surface area contributed by atoms with Gasteiger partial charge in [-0.1, -0.05) is 34.8 Å². The van der Waals surface area contributed by atoms with Gasteiger partial charge >= 0.3 is 0 Å². The normalized spacial score (nSPS) is 18.1. The fourth-order valence-corrected chi connectivity index (χ4v) is 5.28. The fraction of sp³-hybridized carbons (Fsp3) is 0.348. The van der Waals surface area contributed by atoms with E-state index >= 15 is 0 Å². The van der Waals surface area contributed by atoms with Crippen molar-refractivity contribution in [2.45, 2.75) is 10.3 Å². The molecule has 35 heavy (non-hydrogen) atoms. The van der Waals surface area contributed by atoms with E-state index in [1.54, 1.807) is 24.3 Å². The van der Waals surface area contributed by atoms with Crippen molar-refractivity contribution in [1.82, 2.24) is 15.5 Å². The van der Waals surface area contributed by atoms with Crippen LogP contribution in [0.1, 0.15) is 21.8 Å². The fourth-order valence-electron chi connectivity index (χ4n) is 3.70. The molecule has 1 fully saturated rings. The van der Waals surface area contributed by atoms with E-state index in [0.29, 0.717) is 53.9 Å². The number of carbonyl (C=O) groups excluding carboxylic acids is 3. The number of hydrogen-bond donors (Lipinski definition) is 3.